The van der Waals surface area contributed by atoms with Gasteiger partial charge in [-0.25, -0.2) is 0 Å². The number of aromatic nitrogens is 1. The predicted octanol–water partition coefficient (Wildman–Crippen LogP) is 2.57. The molecule has 0 amide bonds. The van der Waals surface area contributed by atoms with Gasteiger partial charge in [-0.05, 0) is 39.3 Å². The van der Waals surface area contributed by atoms with Gasteiger partial charge < -0.3 is 14.5 Å². The maximum absolute atomic E-state index is 12.5. The molecule has 0 saturated heterocycles. The van der Waals surface area contributed by atoms with Crippen LogP contribution in [0.4, 0.5) is 0 Å². The van der Waals surface area contributed by atoms with Crippen molar-refractivity contribution in [1.82, 2.24) is 10.3 Å². The molecule has 0 aliphatic rings. The Morgan fingerprint density at radius 1 is 1.24 bits per heavy atom. The van der Waals surface area contributed by atoms with Crippen LogP contribution in [0.2, 0.25) is 0 Å². The van der Waals surface area contributed by atoms with Crippen LogP contribution in [-0.4, -0.2) is 41.7 Å². The number of H-pyrrole nitrogens is 1. The van der Waals surface area contributed by atoms with E-state index in [4.69, 9.17) is 9.47 Å². The average Bonchev–Trinajstić information content (AvgIpc) is 2.93. The molecule has 0 fully saturated rings. The van der Waals surface area contributed by atoms with Crippen LogP contribution in [-0.2, 0) is 25.5 Å². The van der Waals surface area contributed by atoms with E-state index in [0.29, 0.717) is 13.0 Å². The lowest BCUT2D eigenvalue weighted by Crippen LogP contribution is -2.45. The largest absolute Gasteiger partial charge is 0.465 e. The molecule has 1 heterocycles. The van der Waals surface area contributed by atoms with E-state index >= 15 is 0 Å². The summed E-state index contributed by atoms with van der Waals surface area (Å²) < 4.78 is 10.4. The first kappa shape index (κ1) is 19.0. The fourth-order valence-corrected chi connectivity index (χ4v) is 2.55. The van der Waals surface area contributed by atoms with Crippen LogP contribution in [0.15, 0.2) is 30.5 Å². The van der Waals surface area contributed by atoms with E-state index in [9.17, 15) is 9.59 Å². The first-order chi connectivity index (χ1) is 11.8. The van der Waals surface area contributed by atoms with Crippen LogP contribution in [0, 0.1) is 0 Å². The number of carbonyl (C=O) groups excluding carboxylic acids is 2. The number of benzene rings is 1. The van der Waals surface area contributed by atoms with E-state index in [0.717, 1.165) is 16.5 Å². The first-order valence-electron chi connectivity index (χ1n) is 8.47. The Hall–Kier alpha value is -2.34. The number of aromatic amines is 1. The molecule has 1 atom stereocenters. The highest BCUT2D eigenvalue weighted by Gasteiger charge is 2.26. The van der Waals surface area contributed by atoms with E-state index in [1.165, 1.54) is 0 Å². The van der Waals surface area contributed by atoms with Crippen LogP contribution < -0.4 is 5.32 Å². The van der Waals surface area contributed by atoms with E-state index in [1.54, 1.807) is 6.92 Å². The molecule has 0 aliphatic carbocycles. The van der Waals surface area contributed by atoms with Crippen LogP contribution in [0.3, 0.4) is 0 Å². The quantitative estimate of drug-likeness (QED) is 0.753. The van der Waals surface area contributed by atoms with Gasteiger partial charge in [0.25, 0.3) is 0 Å². The van der Waals surface area contributed by atoms with Gasteiger partial charge in [-0.2, -0.15) is 0 Å². The summed E-state index contributed by atoms with van der Waals surface area (Å²) in [5.41, 5.74) is 1.40. The summed E-state index contributed by atoms with van der Waals surface area (Å²) in [6.07, 6.45) is 2.30. The van der Waals surface area contributed by atoms with Crippen LogP contribution in [0.1, 0.15) is 33.3 Å². The van der Waals surface area contributed by atoms with Crippen LogP contribution in [0.25, 0.3) is 10.9 Å². The highest BCUT2D eigenvalue weighted by atomic mass is 16.6. The zero-order chi connectivity index (χ0) is 18.4. The second-order valence-electron chi connectivity index (χ2n) is 6.84. The number of carbonyl (C=O) groups is 2. The lowest BCUT2D eigenvalue weighted by atomic mass is 10.0. The van der Waals surface area contributed by atoms with Crippen LogP contribution in [0.5, 0.6) is 0 Å². The standard InChI is InChI=1S/C19H26N2O4/c1-5-24-17(22)12-21-16(18(23)25-19(2,3)4)10-13-11-20-15-9-7-6-8-14(13)15/h6-9,11,16,20-21H,5,10,12H2,1-4H3. The lowest BCUT2D eigenvalue weighted by molar-refractivity contribution is -0.157. The van der Waals surface area contributed by atoms with E-state index in [1.807, 2.05) is 51.2 Å². The third-order valence-electron chi connectivity index (χ3n) is 3.59. The second-order valence-corrected chi connectivity index (χ2v) is 6.84. The van der Waals surface area contributed by atoms with Crippen molar-refractivity contribution in [2.75, 3.05) is 13.2 Å². The maximum atomic E-state index is 12.5. The Kier molecular flexibility index (Phi) is 6.20. The monoisotopic (exact) mass is 346 g/mol. The first-order valence-corrected chi connectivity index (χ1v) is 8.47. The lowest BCUT2D eigenvalue weighted by Gasteiger charge is -2.24. The normalized spacial score (nSPS) is 12.8. The Labute approximate surface area is 147 Å². The van der Waals surface area contributed by atoms with Crippen molar-refractivity contribution in [3.63, 3.8) is 0 Å². The van der Waals surface area contributed by atoms with Crippen molar-refractivity contribution in [2.45, 2.75) is 45.8 Å². The van der Waals surface area contributed by atoms with Gasteiger partial charge in [0.05, 0.1) is 13.2 Å². The molecule has 136 valence electrons. The SMILES string of the molecule is CCOC(=O)CNC(Cc1c[nH]c2ccccc12)C(=O)OC(C)(C)C. The minimum absolute atomic E-state index is 0.0416. The third kappa shape index (κ3) is 5.60. The van der Waals surface area contributed by atoms with Gasteiger partial charge in [0.2, 0.25) is 0 Å². The van der Waals surface area contributed by atoms with Gasteiger partial charge in [-0.15, -0.1) is 0 Å². The molecule has 0 radical (unpaired) electrons. The predicted molar refractivity (Wildman–Crippen MR) is 96.3 cm³/mol. The van der Waals surface area contributed by atoms with Crippen molar-refractivity contribution in [2.24, 2.45) is 0 Å². The molecule has 0 bridgehead atoms. The maximum Gasteiger partial charge on any atom is 0.324 e. The Bertz CT molecular complexity index is 730. The van der Waals surface area contributed by atoms with Gasteiger partial charge in [0, 0.05) is 23.5 Å². The zero-order valence-electron chi connectivity index (χ0n) is 15.2. The number of rotatable bonds is 7. The summed E-state index contributed by atoms with van der Waals surface area (Å²) in [5.74, 6) is -0.780. The molecule has 1 unspecified atom stereocenters. The van der Waals surface area contributed by atoms with Gasteiger partial charge >= 0.3 is 11.9 Å². The summed E-state index contributed by atoms with van der Waals surface area (Å²) in [7, 11) is 0. The Morgan fingerprint density at radius 3 is 2.64 bits per heavy atom. The molecular weight excluding hydrogens is 320 g/mol. The molecule has 25 heavy (non-hydrogen) atoms. The molecular formula is C19H26N2O4. The van der Waals surface area contributed by atoms with E-state index < -0.39 is 17.6 Å². The topological polar surface area (TPSA) is 80.4 Å². The number of nitrogens with one attached hydrogen (secondary N) is 2. The number of esters is 2. The molecule has 0 spiro atoms. The Morgan fingerprint density at radius 2 is 1.96 bits per heavy atom. The van der Waals surface area contributed by atoms with Crippen molar-refractivity contribution >= 4 is 22.8 Å². The number of hydrogen-bond acceptors (Lipinski definition) is 5. The van der Waals surface area contributed by atoms with Gasteiger partial charge in [0.1, 0.15) is 11.6 Å². The fourth-order valence-electron chi connectivity index (χ4n) is 2.55. The summed E-state index contributed by atoms with van der Waals surface area (Å²) >= 11 is 0. The minimum Gasteiger partial charge on any atom is -0.465 e. The summed E-state index contributed by atoms with van der Waals surface area (Å²) in [4.78, 5) is 27.4. The van der Waals surface area contributed by atoms with Crippen molar-refractivity contribution in [3.05, 3.63) is 36.0 Å². The number of fused-ring (bicyclic) bond motifs is 1. The highest BCUT2D eigenvalue weighted by molar-refractivity contribution is 5.85. The molecule has 2 aromatic rings. The van der Waals surface area contributed by atoms with Gasteiger partial charge in [0.15, 0.2) is 0 Å². The van der Waals surface area contributed by atoms with E-state index in [-0.39, 0.29) is 12.5 Å². The minimum atomic E-state index is -0.636. The molecule has 0 aliphatic heterocycles. The molecule has 2 N–H and O–H groups in total. The Balaban J connectivity index is 2.15. The molecule has 1 aromatic carbocycles. The highest BCUT2D eigenvalue weighted by Crippen LogP contribution is 2.20. The van der Waals surface area contributed by atoms with Gasteiger partial charge in [-0.3, -0.25) is 14.9 Å². The number of para-hydroxylation sites is 1. The molecule has 1 aromatic heterocycles. The number of ether oxygens (including phenoxy) is 2. The summed E-state index contributed by atoms with van der Waals surface area (Å²) in [6.45, 7) is 7.46. The third-order valence-corrected chi connectivity index (χ3v) is 3.59. The van der Waals surface area contributed by atoms with E-state index in [2.05, 4.69) is 10.3 Å². The number of hydrogen-bond donors (Lipinski definition) is 2. The molecule has 6 heteroatoms. The molecule has 2 rings (SSSR count). The smallest absolute Gasteiger partial charge is 0.324 e. The van der Waals surface area contributed by atoms with Crippen molar-refractivity contribution < 1.29 is 19.1 Å². The van der Waals surface area contributed by atoms with Crippen LogP contribution >= 0.6 is 0 Å². The average molecular weight is 346 g/mol. The molecule has 6 nitrogen and oxygen atoms in total. The van der Waals surface area contributed by atoms with Crippen molar-refractivity contribution in [3.8, 4) is 0 Å². The zero-order valence-corrected chi connectivity index (χ0v) is 15.2. The molecule has 0 saturated carbocycles. The summed E-state index contributed by atoms with van der Waals surface area (Å²) in [6, 6.07) is 7.25. The van der Waals surface area contributed by atoms with Gasteiger partial charge in [-0.1, -0.05) is 18.2 Å². The second kappa shape index (κ2) is 8.16. The van der Waals surface area contributed by atoms with Crippen molar-refractivity contribution in [1.29, 1.82) is 0 Å². The fraction of sp³-hybridized carbons (Fsp3) is 0.474. The summed E-state index contributed by atoms with van der Waals surface area (Å²) in [5, 5.41) is 4.02.